The van der Waals surface area contributed by atoms with E-state index in [4.69, 9.17) is 14.4 Å². The summed E-state index contributed by atoms with van der Waals surface area (Å²) in [6.45, 7) is 2.39. The van der Waals surface area contributed by atoms with Gasteiger partial charge in [-0.15, -0.1) is 10.2 Å². The first-order valence-corrected chi connectivity index (χ1v) is 20.1. The monoisotopic (exact) mass is 758 g/mol. The summed E-state index contributed by atoms with van der Waals surface area (Å²) in [6.07, 6.45) is 7.25. The number of benzene rings is 7. The summed E-state index contributed by atoms with van der Waals surface area (Å²) in [5, 5.41) is 9.01. The van der Waals surface area contributed by atoms with Gasteiger partial charge >= 0.3 is 0 Å². The van der Waals surface area contributed by atoms with Gasteiger partial charge in [0.05, 0.1) is 27.8 Å². The molecule has 2 atom stereocenters. The van der Waals surface area contributed by atoms with Gasteiger partial charge in [0, 0.05) is 33.6 Å². The average Bonchev–Trinajstić information content (AvgIpc) is 3.90. The Hall–Kier alpha value is -7.50. The van der Waals surface area contributed by atoms with Gasteiger partial charge < -0.3 is 4.42 Å². The number of allylic oxidation sites excluding steroid dienone is 4. The summed E-state index contributed by atoms with van der Waals surface area (Å²) in [7, 11) is 0. The number of aromatic nitrogens is 4. The third-order valence-electron chi connectivity index (χ3n) is 12.4. The zero-order valence-corrected chi connectivity index (χ0v) is 32.4. The summed E-state index contributed by atoms with van der Waals surface area (Å²) >= 11 is 0. The molecular formula is C54H38N4O. The van der Waals surface area contributed by atoms with Crippen molar-refractivity contribution in [3.8, 4) is 45.4 Å². The predicted molar refractivity (Wildman–Crippen MR) is 236 cm³/mol. The molecular weight excluding hydrogens is 721 g/mol. The van der Waals surface area contributed by atoms with Crippen LogP contribution in [0.2, 0.25) is 0 Å². The number of rotatable bonds is 7. The van der Waals surface area contributed by atoms with Crippen molar-refractivity contribution in [2.75, 3.05) is 0 Å². The molecule has 0 aliphatic heterocycles. The zero-order valence-electron chi connectivity index (χ0n) is 32.4. The fourth-order valence-corrected chi connectivity index (χ4v) is 9.54. The number of fused-ring (bicyclic) bond motifs is 4. The standard InChI is InChI=1S/C54H38N4O/c1-53-33-32-40(36-26-28-38(29-27-36)50-49(37-16-6-2-7-17-37)55-46-24-14-15-25-47(46)56-50)35-48(53)54(42-20-10-4-11-21-42,43-22-12-5-13-23-43)45-34-41(30-31-44(45)53)52-58-57-51(59-52)39-18-8-3-9-19-39/h2-35,48H,1H3. The molecule has 0 fully saturated rings. The van der Waals surface area contributed by atoms with Crippen molar-refractivity contribution in [3.05, 3.63) is 234 Å². The number of hydrogen-bond acceptors (Lipinski definition) is 5. The van der Waals surface area contributed by atoms with Crippen molar-refractivity contribution in [1.29, 1.82) is 0 Å². The van der Waals surface area contributed by atoms with E-state index in [-0.39, 0.29) is 11.3 Å². The van der Waals surface area contributed by atoms with Crippen LogP contribution >= 0.6 is 0 Å². The summed E-state index contributed by atoms with van der Waals surface area (Å²) in [6, 6.07) is 65.9. The molecule has 2 aliphatic carbocycles. The van der Waals surface area contributed by atoms with Gasteiger partial charge in [-0.05, 0) is 69.8 Å². The van der Waals surface area contributed by atoms with E-state index in [0.29, 0.717) is 11.8 Å². The van der Waals surface area contributed by atoms with E-state index in [2.05, 4.69) is 163 Å². The Morgan fingerprint density at radius 1 is 0.458 bits per heavy atom. The lowest BCUT2D eigenvalue weighted by Gasteiger charge is -2.43. The molecule has 0 spiro atoms. The summed E-state index contributed by atoms with van der Waals surface area (Å²) in [5.41, 5.74) is 13.8. The van der Waals surface area contributed by atoms with Crippen LogP contribution in [0.15, 0.2) is 211 Å². The fraction of sp³-hybridized carbons (Fsp3) is 0.0741. The lowest BCUT2D eigenvalue weighted by atomic mass is 9.59. The summed E-state index contributed by atoms with van der Waals surface area (Å²) in [5.74, 6) is 1.04. The average molecular weight is 759 g/mol. The Morgan fingerprint density at radius 2 is 0.932 bits per heavy atom. The van der Waals surface area contributed by atoms with E-state index >= 15 is 0 Å². The molecule has 0 N–H and O–H groups in total. The fourth-order valence-electron chi connectivity index (χ4n) is 9.54. The van der Waals surface area contributed by atoms with E-state index in [1.54, 1.807) is 0 Å². The zero-order chi connectivity index (χ0) is 39.4. The van der Waals surface area contributed by atoms with Crippen LogP contribution in [0.25, 0.3) is 62.0 Å². The second kappa shape index (κ2) is 13.9. The maximum atomic E-state index is 6.35. The van der Waals surface area contributed by atoms with Gasteiger partial charge in [-0.25, -0.2) is 9.97 Å². The van der Waals surface area contributed by atoms with Crippen LogP contribution in [0.4, 0.5) is 0 Å². The number of hydrogen-bond donors (Lipinski definition) is 0. The summed E-state index contributed by atoms with van der Waals surface area (Å²) < 4.78 is 6.35. The molecule has 2 aliphatic rings. The topological polar surface area (TPSA) is 64.7 Å². The Bertz CT molecular complexity index is 3010. The molecule has 11 rings (SSSR count). The molecule has 59 heavy (non-hydrogen) atoms. The van der Waals surface area contributed by atoms with E-state index in [1.807, 2.05) is 60.7 Å². The SMILES string of the molecule is CC12C=CC(c3ccc(-c4nc5ccccc5nc4-c4ccccc4)cc3)=CC1C(c1ccccc1)(c1ccccc1)c1cc(-c3nnc(-c4ccccc4)o3)ccc12. The van der Waals surface area contributed by atoms with Crippen LogP contribution in [-0.4, -0.2) is 20.2 Å². The molecule has 2 aromatic heterocycles. The smallest absolute Gasteiger partial charge is 0.248 e. The van der Waals surface area contributed by atoms with E-state index < -0.39 is 5.41 Å². The quantitative estimate of drug-likeness (QED) is 0.162. The highest BCUT2D eigenvalue weighted by Crippen LogP contribution is 2.63. The Morgan fingerprint density at radius 3 is 1.53 bits per heavy atom. The Kier molecular flexibility index (Phi) is 8.16. The molecule has 5 nitrogen and oxygen atoms in total. The first-order chi connectivity index (χ1) is 29.1. The van der Waals surface area contributed by atoms with Gasteiger partial charge in [0.25, 0.3) is 0 Å². The van der Waals surface area contributed by atoms with E-state index in [0.717, 1.165) is 50.2 Å². The largest absolute Gasteiger partial charge is 0.416 e. The highest BCUT2D eigenvalue weighted by Gasteiger charge is 2.58. The minimum Gasteiger partial charge on any atom is -0.416 e. The van der Waals surface area contributed by atoms with Gasteiger partial charge in [0.1, 0.15) is 0 Å². The second-order valence-electron chi connectivity index (χ2n) is 15.6. The summed E-state index contributed by atoms with van der Waals surface area (Å²) in [4.78, 5) is 10.3. The number of nitrogens with zero attached hydrogens (tertiary/aromatic N) is 4. The molecule has 0 radical (unpaired) electrons. The Labute approximate surface area is 343 Å². The van der Waals surface area contributed by atoms with E-state index in [1.165, 1.54) is 27.8 Å². The normalized spacial score (nSPS) is 17.6. The van der Waals surface area contributed by atoms with Gasteiger partial charge in [-0.3, -0.25) is 0 Å². The highest BCUT2D eigenvalue weighted by molar-refractivity contribution is 5.87. The van der Waals surface area contributed by atoms with Crippen LogP contribution in [0.5, 0.6) is 0 Å². The molecule has 5 heteroatoms. The third kappa shape index (κ3) is 5.61. The molecule has 7 aromatic carbocycles. The molecule has 2 unspecified atom stereocenters. The van der Waals surface area contributed by atoms with Crippen molar-refractivity contribution >= 4 is 16.6 Å². The lowest BCUT2D eigenvalue weighted by molar-refractivity contribution is 0.368. The van der Waals surface area contributed by atoms with Crippen molar-refractivity contribution in [1.82, 2.24) is 20.2 Å². The first kappa shape index (κ1) is 34.7. The van der Waals surface area contributed by atoms with Crippen molar-refractivity contribution in [2.45, 2.75) is 17.8 Å². The van der Waals surface area contributed by atoms with Gasteiger partial charge in [0.15, 0.2) is 0 Å². The van der Waals surface area contributed by atoms with Gasteiger partial charge in [0.2, 0.25) is 11.8 Å². The maximum absolute atomic E-state index is 6.35. The lowest BCUT2D eigenvalue weighted by Crippen LogP contribution is -2.40. The van der Waals surface area contributed by atoms with Gasteiger partial charge in [-0.1, -0.05) is 177 Å². The second-order valence-corrected chi connectivity index (χ2v) is 15.6. The van der Waals surface area contributed by atoms with Crippen LogP contribution in [0, 0.1) is 5.92 Å². The van der Waals surface area contributed by atoms with Crippen molar-refractivity contribution < 1.29 is 4.42 Å². The molecule has 0 amide bonds. The van der Waals surface area contributed by atoms with Crippen LogP contribution in [0.1, 0.15) is 34.7 Å². The minimum atomic E-state index is -0.536. The van der Waals surface area contributed by atoms with Crippen molar-refractivity contribution in [3.63, 3.8) is 0 Å². The van der Waals surface area contributed by atoms with Crippen LogP contribution in [0.3, 0.4) is 0 Å². The Balaban J connectivity index is 1.05. The molecule has 2 heterocycles. The highest BCUT2D eigenvalue weighted by atomic mass is 16.4. The molecule has 9 aromatic rings. The van der Waals surface area contributed by atoms with Gasteiger partial charge in [-0.2, -0.15) is 0 Å². The molecule has 0 saturated carbocycles. The van der Waals surface area contributed by atoms with E-state index in [9.17, 15) is 0 Å². The molecule has 280 valence electrons. The predicted octanol–water partition coefficient (Wildman–Crippen LogP) is 12.6. The number of para-hydroxylation sites is 2. The first-order valence-electron chi connectivity index (χ1n) is 20.1. The van der Waals surface area contributed by atoms with Crippen molar-refractivity contribution in [2.24, 2.45) is 5.92 Å². The minimum absolute atomic E-state index is 0.0309. The third-order valence-corrected chi connectivity index (χ3v) is 12.4. The van der Waals surface area contributed by atoms with Crippen LogP contribution < -0.4 is 0 Å². The molecule has 0 saturated heterocycles. The van der Waals surface area contributed by atoms with Crippen LogP contribution in [-0.2, 0) is 10.8 Å². The maximum Gasteiger partial charge on any atom is 0.248 e. The molecule has 0 bridgehead atoms.